The van der Waals surface area contributed by atoms with Gasteiger partial charge in [0, 0.05) is 24.1 Å². The van der Waals surface area contributed by atoms with Gasteiger partial charge in [0.05, 0.1) is 5.69 Å². The van der Waals surface area contributed by atoms with Crippen LogP contribution in [0.2, 0.25) is 0 Å². The number of aromatic nitrogens is 2. The molecule has 1 aliphatic heterocycles. The van der Waals surface area contributed by atoms with Crippen molar-refractivity contribution >= 4 is 11.7 Å². The summed E-state index contributed by atoms with van der Waals surface area (Å²) in [7, 11) is 0. The number of rotatable bonds is 6. The largest absolute Gasteiger partial charge is 0.311 e. The van der Waals surface area contributed by atoms with Crippen molar-refractivity contribution in [2.45, 2.75) is 52.0 Å². The van der Waals surface area contributed by atoms with Crippen LogP contribution in [-0.2, 0) is 4.79 Å². The number of nitrogens with zero attached hydrogens (tertiary/aromatic N) is 2. The maximum Gasteiger partial charge on any atom is 0.225 e. The average molecular weight is 340 g/mol. The average Bonchev–Trinajstić information content (AvgIpc) is 3.05. The van der Waals surface area contributed by atoms with Crippen LogP contribution in [0.4, 0.5) is 5.82 Å². The van der Waals surface area contributed by atoms with E-state index in [2.05, 4.69) is 40.3 Å². The third-order valence-electron chi connectivity index (χ3n) is 5.06. The summed E-state index contributed by atoms with van der Waals surface area (Å²) in [6.45, 7) is 6.52. The molecule has 25 heavy (non-hydrogen) atoms. The molecule has 1 aliphatic rings. The molecule has 0 aliphatic carbocycles. The fraction of sp³-hybridized carbons (Fsp3) is 0.500. The lowest BCUT2D eigenvalue weighted by Crippen LogP contribution is -2.38. The predicted octanol–water partition coefficient (Wildman–Crippen LogP) is 3.98. The number of piperidine rings is 1. The van der Waals surface area contributed by atoms with Gasteiger partial charge < -0.3 is 10.2 Å². The normalized spacial score (nSPS) is 18.2. The van der Waals surface area contributed by atoms with E-state index in [4.69, 9.17) is 0 Å². The van der Waals surface area contributed by atoms with E-state index in [1.54, 1.807) is 0 Å². The first-order chi connectivity index (χ1) is 12.1. The number of benzene rings is 1. The molecule has 0 radical (unpaired) electrons. The Morgan fingerprint density at radius 2 is 2.20 bits per heavy atom. The van der Waals surface area contributed by atoms with Gasteiger partial charge >= 0.3 is 0 Å². The van der Waals surface area contributed by atoms with Gasteiger partial charge in [0.1, 0.15) is 5.82 Å². The number of amides is 1. The topological polar surface area (TPSA) is 61.0 Å². The number of aromatic amines is 1. The van der Waals surface area contributed by atoms with E-state index in [9.17, 15) is 4.79 Å². The second-order valence-electron chi connectivity index (χ2n) is 7.01. The Bertz CT molecular complexity index is 709. The summed E-state index contributed by atoms with van der Waals surface area (Å²) in [5.41, 5.74) is 3.11. The molecule has 1 amide bonds. The highest BCUT2D eigenvalue weighted by Gasteiger charge is 2.17. The molecule has 0 saturated carbocycles. The van der Waals surface area contributed by atoms with Crippen molar-refractivity contribution in [2.24, 2.45) is 0 Å². The number of likely N-dealkylation sites (tertiary alicyclic amines) is 1. The molecule has 2 aromatic rings. The Balaban J connectivity index is 1.48. The molecule has 1 fully saturated rings. The number of hydrogen-bond donors (Lipinski definition) is 2. The number of anilines is 1. The van der Waals surface area contributed by atoms with Crippen molar-refractivity contribution in [3.8, 4) is 11.3 Å². The van der Waals surface area contributed by atoms with Gasteiger partial charge in [-0.3, -0.25) is 9.89 Å². The minimum atomic E-state index is 0.0460. The van der Waals surface area contributed by atoms with Crippen LogP contribution in [0.3, 0.4) is 0 Å². The SMILES string of the molecule is Cc1ccccc1-c1cc(NC(=O)CCCN2CCCCC2C)[nH]n1. The maximum atomic E-state index is 12.2. The van der Waals surface area contributed by atoms with Crippen molar-refractivity contribution in [2.75, 3.05) is 18.4 Å². The number of aryl methyl sites for hydroxylation is 1. The van der Waals surface area contributed by atoms with Crippen LogP contribution in [0.1, 0.15) is 44.6 Å². The first kappa shape index (κ1) is 17.7. The third kappa shape index (κ3) is 4.69. The molecule has 1 aromatic heterocycles. The lowest BCUT2D eigenvalue weighted by atomic mass is 10.0. The van der Waals surface area contributed by atoms with Gasteiger partial charge in [-0.1, -0.05) is 30.7 Å². The number of nitrogens with one attached hydrogen (secondary N) is 2. The Morgan fingerprint density at radius 1 is 1.36 bits per heavy atom. The number of hydrogen-bond acceptors (Lipinski definition) is 3. The second kappa shape index (κ2) is 8.30. The molecular weight excluding hydrogens is 312 g/mol. The molecule has 1 atom stereocenters. The molecule has 1 saturated heterocycles. The maximum absolute atomic E-state index is 12.2. The van der Waals surface area contributed by atoms with E-state index in [1.165, 1.54) is 31.4 Å². The number of carbonyl (C=O) groups excluding carboxylic acids is 1. The van der Waals surface area contributed by atoms with E-state index in [1.807, 2.05) is 24.3 Å². The van der Waals surface area contributed by atoms with Crippen molar-refractivity contribution in [3.63, 3.8) is 0 Å². The third-order valence-corrected chi connectivity index (χ3v) is 5.06. The Kier molecular flexibility index (Phi) is 5.87. The first-order valence-corrected chi connectivity index (χ1v) is 9.29. The van der Waals surface area contributed by atoms with Crippen molar-refractivity contribution in [3.05, 3.63) is 35.9 Å². The molecule has 5 nitrogen and oxygen atoms in total. The summed E-state index contributed by atoms with van der Waals surface area (Å²) in [6.07, 6.45) is 5.34. The summed E-state index contributed by atoms with van der Waals surface area (Å²) in [6, 6.07) is 10.7. The van der Waals surface area contributed by atoms with Crippen LogP contribution in [0.5, 0.6) is 0 Å². The van der Waals surface area contributed by atoms with Crippen molar-refractivity contribution in [1.29, 1.82) is 0 Å². The van der Waals surface area contributed by atoms with E-state index < -0.39 is 0 Å². The van der Waals surface area contributed by atoms with E-state index in [0.717, 1.165) is 24.2 Å². The molecule has 2 N–H and O–H groups in total. The fourth-order valence-electron chi connectivity index (χ4n) is 3.53. The summed E-state index contributed by atoms with van der Waals surface area (Å²) >= 11 is 0. The highest BCUT2D eigenvalue weighted by Crippen LogP contribution is 2.23. The predicted molar refractivity (Wildman–Crippen MR) is 102 cm³/mol. The van der Waals surface area contributed by atoms with Crippen LogP contribution >= 0.6 is 0 Å². The molecule has 134 valence electrons. The van der Waals surface area contributed by atoms with Gasteiger partial charge in [-0.25, -0.2) is 0 Å². The standard InChI is InChI=1S/C20H28N4O/c1-15-8-3-4-10-17(15)18-14-19(23-22-18)21-20(25)11-7-13-24-12-6-5-9-16(24)2/h3-4,8,10,14,16H,5-7,9,11-13H2,1-2H3,(H2,21,22,23,25). The zero-order chi connectivity index (χ0) is 17.6. The van der Waals surface area contributed by atoms with E-state index in [0.29, 0.717) is 18.3 Å². The minimum absolute atomic E-state index is 0.0460. The van der Waals surface area contributed by atoms with Gasteiger partial charge in [0.25, 0.3) is 0 Å². The van der Waals surface area contributed by atoms with E-state index in [-0.39, 0.29) is 5.91 Å². The summed E-state index contributed by atoms with van der Waals surface area (Å²) < 4.78 is 0. The highest BCUT2D eigenvalue weighted by molar-refractivity contribution is 5.90. The van der Waals surface area contributed by atoms with Crippen LogP contribution in [0.25, 0.3) is 11.3 Å². The first-order valence-electron chi connectivity index (χ1n) is 9.29. The van der Waals surface area contributed by atoms with Gasteiger partial charge in [-0.05, 0) is 51.8 Å². The molecule has 0 bridgehead atoms. The van der Waals surface area contributed by atoms with Gasteiger partial charge in [-0.2, -0.15) is 5.10 Å². The molecule has 1 aromatic carbocycles. The summed E-state index contributed by atoms with van der Waals surface area (Å²) in [5.74, 6) is 0.708. The smallest absolute Gasteiger partial charge is 0.225 e. The van der Waals surface area contributed by atoms with Crippen molar-refractivity contribution < 1.29 is 4.79 Å². The molecule has 3 rings (SSSR count). The van der Waals surface area contributed by atoms with Crippen LogP contribution in [0.15, 0.2) is 30.3 Å². The highest BCUT2D eigenvalue weighted by atomic mass is 16.1. The van der Waals surface area contributed by atoms with Gasteiger partial charge in [0.15, 0.2) is 0 Å². The van der Waals surface area contributed by atoms with E-state index >= 15 is 0 Å². The molecule has 5 heteroatoms. The van der Waals surface area contributed by atoms with Crippen LogP contribution in [0, 0.1) is 6.92 Å². The number of carbonyl (C=O) groups is 1. The molecule has 0 spiro atoms. The molecular formula is C20H28N4O. The Hall–Kier alpha value is -2.14. The van der Waals surface area contributed by atoms with Crippen LogP contribution < -0.4 is 5.32 Å². The Labute approximate surface area is 149 Å². The van der Waals surface area contributed by atoms with Gasteiger partial charge in [-0.15, -0.1) is 0 Å². The monoisotopic (exact) mass is 340 g/mol. The zero-order valence-corrected chi connectivity index (χ0v) is 15.2. The minimum Gasteiger partial charge on any atom is -0.311 e. The quantitative estimate of drug-likeness (QED) is 0.836. The number of H-pyrrole nitrogens is 1. The molecule has 2 heterocycles. The lowest BCUT2D eigenvalue weighted by Gasteiger charge is -2.33. The molecule has 1 unspecified atom stereocenters. The fourth-order valence-corrected chi connectivity index (χ4v) is 3.53. The zero-order valence-electron chi connectivity index (χ0n) is 15.2. The Morgan fingerprint density at radius 3 is 3.00 bits per heavy atom. The lowest BCUT2D eigenvalue weighted by molar-refractivity contribution is -0.116. The second-order valence-corrected chi connectivity index (χ2v) is 7.01. The van der Waals surface area contributed by atoms with Gasteiger partial charge in [0.2, 0.25) is 5.91 Å². The summed E-state index contributed by atoms with van der Waals surface area (Å²) in [4.78, 5) is 14.7. The summed E-state index contributed by atoms with van der Waals surface area (Å²) in [5, 5.41) is 10.2. The van der Waals surface area contributed by atoms with Crippen LogP contribution in [-0.4, -0.2) is 40.1 Å². The van der Waals surface area contributed by atoms with Crippen molar-refractivity contribution in [1.82, 2.24) is 15.1 Å².